The Balaban J connectivity index is 0.00000300. The molecule has 0 bridgehead atoms. The Bertz CT molecular complexity index is 606. The number of nitrogens with one attached hydrogen (secondary N) is 2. The zero-order valence-corrected chi connectivity index (χ0v) is 20.4. The summed E-state index contributed by atoms with van der Waals surface area (Å²) in [5, 5.41) is 16.7. The van der Waals surface area contributed by atoms with Crippen molar-refractivity contribution in [1.82, 2.24) is 15.5 Å². The fraction of sp³-hybridized carbons (Fsp3) is 0.696. The average Bonchev–Trinajstić information content (AvgIpc) is 2.74. The molecule has 5 nitrogen and oxygen atoms in total. The van der Waals surface area contributed by atoms with Crippen molar-refractivity contribution in [2.45, 2.75) is 77.1 Å². The van der Waals surface area contributed by atoms with Gasteiger partial charge in [-0.15, -0.1) is 24.0 Å². The van der Waals surface area contributed by atoms with Crippen LogP contribution in [-0.4, -0.2) is 48.2 Å². The number of piperidine rings is 1. The first-order valence-corrected chi connectivity index (χ1v) is 11.1. The lowest BCUT2D eigenvalue weighted by Gasteiger charge is -2.29. The minimum absolute atomic E-state index is 0. The van der Waals surface area contributed by atoms with Gasteiger partial charge in [-0.25, -0.2) is 0 Å². The maximum atomic E-state index is 9.63. The van der Waals surface area contributed by atoms with Crippen molar-refractivity contribution in [3.05, 3.63) is 35.4 Å². The van der Waals surface area contributed by atoms with Crippen molar-refractivity contribution in [1.29, 1.82) is 0 Å². The summed E-state index contributed by atoms with van der Waals surface area (Å²) in [5.74, 6) is 1.83. The predicted molar refractivity (Wildman–Crippen MR) is 132 cm³/mol. The number of hydrogen-bond donors (Lipinski definition) is 3. The third-order valence-corrected chi connectivity index (χ3v) is 6.43. The van der Waals surface area contributed by atoms with Crippen molar-refractivity contribution in [3.63, 3.8) is 0 Å². The Morgan fingerprint density at radius 2 is 1.66 bits per heavy atom. The Kier molecular flexibility index (Phi) is 10.7. The molecule has 1 heterocycles. The molecule has 0 aromatic heterocycles. The van der Waals surface area contributed by atoms with Crippen LogP contribution in [0.2, 0.25) is 0 Å². The molecule has 1 aromatic rings. The summed E-state index contributed by atoms with van der Waals surface area (Å²) < 4.78 is 0. The van der Waals surface area contributed by atoms with Gasteiger partial charge >= 0.3 is 0 Å². The summed E-state index contributed by atoms with van der Waals surface area (Å²) in [6.45, 7) is 6.06. The number of nitrogens with zero attached hydrogens (tertiary/aromatic N) is 2. The van der Waals surface area contributed by atoms with Gasteiger partial charge in [0.25, 0.3) is 0 Å². The van der Waals surface area contributed by atoms with E-state index in [0.717, 1.165) is 50.9 Å². The summed E-state index contributed by atoms with van der Waals surface area (Å²) in [6, 6.07) is 9.43. The summed E-state index contributed by atoms with van der Waals surface area (Å²) in [4.78, 5) is 6.83. The molecule has 1 aliphatic heterocycles. The van der Waals surface area contributed by atoms with E-state index in [2.05, 4.69) is 51.7 Å². The number of guanidine groups is 1. The van der Waals surface area contributed by atoms with E-state index in [4.69, 9.17) is 0 Å². The van der Waals surface area contributed by atoms with Crippen LogP contribution in [-0.2, 0) is 13.1 Å². The molecule has 1 saturated heterocycles. The molecule has 0 amide bonds. The average molecular weight is 514 g/mol. The zero-order valence-electron chi connectivity index (χ0n) is 18.1. The van der Waals surface area contributed by atoms with Crippen LogP contribution in [0.15, 0.2) is 29.3 Å². The maximum absolute atomic E-state index is 9.63. The Morgan fingerprint density at radius 1 is 1.03 bits per heavy atom. The largest absolute Gasteiger partial charge is 0.393 e. The highest BCUT2D eigenvalue weighted by molar-refractivity contribution is 14.0. The van der Waals surface area contributed by atoms with E-state index in [1.165, 1.54) is 43.2 Å². The second-order valence-corrected chi connectivity index (χ2v) is 8.52. The first-order chi connectivity index (χ1) is 13.7. The normalized spacial score (nSPS) is 24.0. The van der Waals surface area contributed by atoms with E-state index in [1.807, 2.05) is 7.05 Å². The molecule has 0 radical (unpaired) electrons. The lowest BCUT2D eigenvalue weighted by Crippen LogP contribution is -2.44. The molecule has 2 fully saturated rings. The SMILES string of the molecule is CCC1CCC(NC(=NC)NCc2ccc(CN3CCC(O)CC3)cc2)CC1.I. The van der Waals surface area contributed by atoms with Crippen molar-refractivity contribution in [2.24, 2.45) is 10.9 Å². The number of halogens is 1. The van der Waals surface area contributed by atoms with Gasteiger partial charge in [-0.2, -0.15) is 0 Å². The summed E-state index contributed by atoms with van der Waals surface area (Å²) in [6.07, 6.45) is 8.18. The lowest BCUT2D eigenvalue weighted by atomic mass is 9.84. The number of aliphatic imine (C=N–C) groups is 1. The molecule has 164 valence electrons. The van der Waals surface area contributed by atoms with Gasteiger partial charge in [-0.05, 0) is 55.6 Å². The van der Waals surface area contributed by atoms with Crippen LogP contribution < -0.4 is 10.6 Å². The highest BCUT2D eigenvalue weighted by Crippen LogP contribution is 2.26. The molecule has 3 N–H and O–H groups in total. The molecular formula is C23H39IN4O. The minimum Gasteiger partial charge on any atom is -0.393 e. The van der Waals surface area contributed by atoms with Gasteiger partial charge < -0.3 is 15.7 Å². The number of aliphatic hydroxyl groups excluding tert-OH is 1. The van der Waals surface area contributed by atoms with Gasteiger partial charge in [0.05, 0.1) is 6.10 Å². The van der Waals surface area contributed by atoms with Crippen molar-refractivity contribution >= 4 is 29.9 Å². The Labute approximate surface area is 193 Å². The number of hydrogen-bond acceptors (Lipinski definition) is 3. The van der Waals surface area contributed by atoms with Gasteiger partial charge in [0, 0.05) is 39.3 Å². The molecular weight excluding hydrogens is 475 g/mol. The van der Waals surface area contributed by atoms with Gasteiger partial charge in [-0.1, -0.05) is 37.6 Å². The van der Waals surface area contributed by atoms with Crippen LogP contribution in [0.3, 0.4) is 0 Å². The van der Waals surface area contributed by atoms with Crippen LogP contribution in [0, 0.1) is 5.92 Å². The number of aliphatic hydroxyl groups is 1. The Morgan fingerprint density at radius 3 is 2.24 bits per heavy atom. The molecule has 2 aliphatic rings. The number of benzene rings is 1. The van der Waals surface area contributed by atoms with Gasteiger partial charge in [-0.3, -0.25) is 9.89 Å². The predicted octanol–water partition coefficient (Wildman–Crippen LogP) is 3.90. The molecule has 3 rings (SSSR count). The van der Waals surface area contributed by atoms with E-state index in [9.17, 15) is 5.11 Å². The van der Waals surface area contributed by atoms with Crippen LogP contribution >= 0.6 is 24.0 Å². The summed E-state index contributed by atoms with van der Waals surface area (Å²) in [7, 11) is 1.85. The first kappa shape index (κ1) is 24.4. The second-order valence-electron chi connectivity index (χ2n) is 8.52. The van der Waals surface area contributed by atoms with Crippen LogP contribution in [0.5, 0.6) is 0 Å². The van der Waals surface area contributed by atoms with Crippen LogP contribution in [0.25, 0.3) is 0 Å². The van der Waals surface area contributed by atoms with E-state index in [-0.39, 0.29) is 30.1 Å². The van der Waals surface area contributed by atoms with E-state index in [1.54, 1.807) is 0 Å². The zero-order chi connectivity index (χ0) is 19.8. The fourth-order valence-electron chi connectivity index (χ4n) is 4.39. The first-order valence-electron chi connectivity index (χ1n) is 11.1. The van der Waals surface area contributed by atoms with Crippen molar-refractivity contribution in [3.8, 4) is 0 Å². The smallest absolute Gasteiger partial charge is 0.191 e. The lowest BCUT2D eigenvalue weighted by molar-refractivity contribution is 0.0792. The molecule has 1 aliphatic carbocycles. The number of rotatable bonds is 6. The van der Waals surface area contributed by atoms with Crippen molar-refractivity contribution in [2.75, 3.05) is 20.1 Å². The third-order valence-electron chi connectivity index (χ3n) is 6.43. The van der Waals surface area contributed by atoms with Gasteiger partial charge in [0.1, 0.15) is 0 Å². The highest BCUT2D eigenvalue weighted by atomic mass is 127. The van der Waals surface area contributed by atoms with Crippen LogP contribution in [0.1, 0.15) is 63.0 Å². The monoisotopic (exact) mass is 514 g/mol. The molecule has 1 aromatic carbocycles. The molecule has 1 saturated carbocycles. The quantitative estimate of drug-likeness (QED) is 0.306. The van der Waals surface area contributed by atoms with E-state index >= 15 is 0 Å². The van der Waals surface area contributed by atoms with Gasteiger partial charge in [0.15, 0.2) is 5.96 Å². The molecule has 0 atom stereocenters. The molecule has 6 heteroatoms. The fourth-order valence-corrected chi connectivity index (χ4v) is 4.39. The molecule has 0 spiro atoms. The summed E-state index contributed by atoms with van der Waals surface area (Å²) >= 11 is 0. The van der Waals surface area contributed by atoms with Crippen molar-refractivity contribution < 1.29 is 5.11 Å². The number of likely N-dealkylation sites (tertiary alicyclic amines) is 1. The maximum Gasteiger partial charge on any atom is 0.191 e. The van der Waals surface area contributed by atoms with E-state index in [0.29, 0.717) is 6.04 Å². The van der Waals surface area contributed by atoms with E-state index < -0.39 is 0 Å². The molecule has 29 heavy (non-hydrogen) atoms. The highest BCUT2D eigenvalue weighted by Gasteiger charge is 2.20. The topological polar surface area (TPSA) is 59.9 Å². The van der Waals surface area contributed by atoms with Gasteiger partial charge in [0.2, 0.25) is 0 Å². The second kappa shape index (κ2) is 12.7. The Hall–Kier alpha value is -0.860. The third kappa shape index (κ3) is 8.06. The standard InChI is InChI=1S/C23H38N4O.HI/c1-3-18-8-10-21(11-9-18)26-23(24-2)25-16-19-4-6-20(7-5-19)17-27-14-12-22(28)13-15-27;/h4-7,18,21-22,28H,3,8-17H2,1-2H3,(H2,24,25,26);1H. The molecule has 0 unspecified atom stereocenters. The van der Waals surface area contributed by atoms with Crippen LogP contribution in [0.4, 0.5) is 0 Å². The minimum atomic E-state index is -0.102. The summed E-state index contributed by atoms with van der Waals surface area (Å²) in [5.41, 5.74) is 2.62.